The number of hydrogen-bond donors (Lipinski definition) is 1. The molecule has 4 aliphatic rings. The van der Waals surface area contributed by atoms with Crippen molar-refractivity contribution in [3.05, 3.63) is 48.1 Å². The first-order valence-corrected chi connectivity index (χ1v) is 8.29. The average molecular weight is 295 g/mol. The lowest BCUT2D eigenvalue weighted by atomic mass is 9.53. The topological polar surface area (TPSA) is 32.7 Å². The van der Waals surface area contributed by atoms with Crippen LogP contribution < -0.4 is 4.74 Å². The largest absolute Gasteiger partial charge is 0.504 e. The van der Waals surface area contributed by atoms with Crippen molar-refractivity contribution in [2.24, 2.45) is 5.92 Å². The molecule has 1 saturated heterocycles. The molecule has 3 heteroatoms. The summed E-state index contributed by atoms with van der Waals surface area (Å²) in [6.45, 7) is 5.97. The van der Waals surface area contributed by atoms with Gasteiger partial charge >= 0.3 is 0 Å². The zero-order valence-corrected chi connectivity index (χ0v) is 12.7. The number of piperidine rings is 1. The second-order valence-corrected chi connectivity index (χ2v) is 7.09. The Labute approximate surface area is 130 Å². The van der Waals surface area contributed by atoms with Crippen LogP contribution in [0.25, 0.3) is 0 Å². The molecular formula is C19H21NO2. The van der Waals surface area contributed by atoms with Gasteiger partial charge in [0.25, 0.3) is 0 Å². The van der Waals surface area contributed by atoms with Gasteiger partial charge in [-0.3, -0.25) is 4.90 Å². The quantitative estimate of drug-likeness (QED) is 0.852. The van der Waals surface area contributed by atoms with Crippen molar-refractivity contribution in [1.29, 1.82) is 0 Å². The molecule has 1 unspecified atom stereocenters. The molecule has 2 aliphatic heterocycles. The van der Waals surface area contributed by atoms with Gasteiger partial charge in [0.15, 0.2) is 11.5 Å². The molecule has 1 fully saturated rings. The molecule has 0 amide bonds. The molecule has 0 aromatic heterocycles. The first kappa shape index (κ1) is 12.8. The number of phenolic OH excluding ortho intramolecular Hbond substituents is 1. The summed E-state index contributed by atoms with van der Waals surface area (Å²) in [5, 5.41) is 10.3. The maximum absolute atomic E-state index is 10.3. The molecule has 114 valence electrons. The number of phenols is 1. The molecule has 0 radical (unpaired) electrons. The Hall–Kier alpha value is -1.74. The van der Waals surface area contributed by atoms with Crippen LogP contribution in [-0.2, 0) is 11.8 Å². The molecule has 1 N–H and O–H groups in total. The van der Waals surface area contributed by atoms with E-state index >= 15 is 0 Å². The first-order chi connectivity index (χ1) is 10.8. The summed E-state index contributed by atoms with van der Waals surface area (Å²) in [7, 11) is 0. The van der Waals surface area contributed by atoms with Crippen LogP contribution in [0.2, 0.25) is 0 Å². The van der Waals surface area contributed by atoms with Crippen molar-refractivity contribution in [2.45, 2.75) is 36.8 Å². The predicted octanol–water partition coefficient (Wildman–Crippen LogP) is 2.78. The molecule has 22 heavy (non-hydrogen) atoms. The average Bonchev–Trinajstić information content (AvgIpc) is 2.86. The lowest BCUT2D eigenvalue weighted by molar-refractivity contribution is -0.00449. The van der Waals surface area contributed by atoms with Gasteiger partial charge in [-0.25, -0.2) is 0 Å². The summed E-state index contributed by atoms with van der Waals surface area (Å²) in [4.78, 5) is 2.57. The highest BCUT2D eigenvalue weighted by Gasteiger charge is 2.62. The summed E-state index contributed by atoms with van der Waals surface area (Å²) in [6.07, 6.45) is 10.0. The van der Waals surface area contributed by atoms with E-state index in [0.717, 1.165) is 38.1 Å². The van der Waals surface area contributed by atoms with E-state index < -0.39 is 0 Å². The van der Waals surface area contributed by atoms with Gasteiger partial charge in [-0.2, -0.15) is 0 Å². The van der Waals surface area contributed by atoms with E-state index in [1.54, 1.807) is 0 Å². The number of ether oxygens (including phenoxy) is 1. The minimum Gasteiger partial charge on any atom is -0.504 e. The van der Waals surface area contributed by atoms with Crippen LogP contribution in [-0.4, -0.2) is 35.2 Å². The summed E-state index contributed by atoms with van der Waals surface area (Å²) < 4.78 is 6.26. The van der Waals surface area contributed by atoms with Gasteiger partial charge in [0.05, 0.1) is 0 Å². The standard InChI is InChI=1S/C19H21NO2/c1-2-9-20-10-8-19-13-4-3-5-16(19)22-18-15(21)7-6-12(17(18)19)11-14(13)20/h2-4,6-7,13-14,16,21H,1,5,8-11H2/t13?,14-,16+,19-/m1/s1. The lowest BCUT2D eigenvalue weighted by Crippen LogP contribution is -2.63. The summed E-state index contributed by atoms with van der Waals surface area (Å²) in [6, 6.07) is 4.45. The minimum absolute atomic E-state index is 0.0821. The zero-order valence-electron chi connectivity index (χ0n) is 12.7. The van der Waals surface area contributed by atoms with Crippen molar-refractivity contribution in [1.82, 2.24) is 4.90 Å². The van der Waals surface area contributed by atoms with Crippen molar-refractivity contribution >= 4 is 0 Å². The monoisotopic (exact) mass is 295 g/mol. The number of hydrogen-bond acceptors (Lipinski definition) is 3. The summed E-state index contributed by atoms with van der Waals surface area (Å²) in [5.74, 6) is 1.58. The molecule has 2 heterocycles. The minimum atomic E-state index is 0.0821. The van der Waals surface area contributed by atoms with Crippen molar-refractivity contribution in [2.75, 3.05) is 13.1 Å². The summed E-state index contributed by atoms with van der Waals surface area (Å²) >= 11 is 0. The van der Waals surface area contributed by atoms with Gasteiger partial charge in [-0.05, 0) is 31.0 Å². The Bertz CT molecular complexity index is 695. The normalized spacial score (nSPS) is 37.5. The number of aromatic hydroxyl groups is 1. The van der Waals surface area contributed by atoms with E-state index in [9.17, 15) is 5.11 Å². The fourth-order valence-corrected chi connectivity index (χ4v) is 5.50. The van der Waals surface area contributed by atoms with E-state index in [0.29, 0.717) is 17.7 Å². The predicted molar refractivity (Wildman–Crippen MR) is 85.3 cm³/mol. The van der Waals surface area contributed by atoms with Crippen molar-refractivity contribution in [3.8, 4) is 11.5 Å². The molecule has 4 atom stereocenters. The molecule has 1 aromatic rings. The van der Waals surface area contributed by atoms with Gasteiger partial charge in [-0.15, -0.1) is 6.58 Å². The number of benzene rings is 1. The highest BCUT2D eigenvalue weighted by molar-refractivity contribution is 5.61. The maximum atomic E-state index is 10.3. The lowest BCUT2D eigenvalue weighted by Gasteiger charge is -2.56. The van der Waals surface area contributed by atoms with Gasteiger partial charge in [0, 0.05) is 35.9 Å². The fraction of sp³-hybridized carbons (Fsp3) is 0.474. The molecule has 5 rings (SSSR count). The molecule has 3 nitrogen and oxygen atoms in total. The second kappa shape index (κ2) is 4.17. The maximum Gasteiger partial charge on any atom is 0.165 e. The molecule has 1 aromatic carbocycles. The Morgan fingerprint density at radius 1 is 1.45 bits per heavy atom. The Morgan fingerprint density at radius 3 is 3.23 bits per heavy atom. The van der Waals surface area contributed by atoms with Crippen LogP contribution in [0, 0.1) is 5.92 Å². The van der Waals surface area contributed by atoms with Crippen molar-refractivity contribution < 1.29 is 9.84 Å². The second-order valence-electron chi connectivity index (χ2n) is 7.09. The van der Waals surface area contributed by atoms with Crippen LogP contribution in [0.15, 0.2) is 36.9 Å². The zero-order chi connectivity index (χ0) is 14.9. The summed E-state index contributed by atoms with van der Waals surface area (Å²) in [5.41, 5.74) is 2.78. The van der Waals surface area contributed by atoms with Crippen LogP contribution >= 0.6 is 0 Å². The van der Waals surface area contributed by atoms with Crippen LogP contribution in [0.3, 0.4) is 0 Å². The van der Waals surface area contributed by atoms with Gasteiger partial charge in [0.2, 0.25) is 0 Å². The van der Waals surface area contributed by atoms with Gasteiger partial charge in [0.1, 0.15) is 6.10 Å². The van der Waals surface area contributed by atoms with Crippen molar-refractivity contribution in [3.63, 3.8) is 0 Å². The van der Waals surface area contributed by atoms with Gasteiger partial charge < -0.3 is 9.84 Å². The SMILES string of the molecule is C=CCN1CC[C@]23c4c5ccc(O)c4O[C@H]2CC=CC3[C@H]1C5. The number of nitrogens with zero attached hydrogens (tertiary/aromatic N) is 1. The van der Waals surface area contributed by atoms with Crippen LogP contribution in [0.5, 0.6) is 11.5 Å². The highest BCUT2D eigenvalue weighted by Crippen LogP contribution is 2.62. The van der Waals surface area contributed by atoms with Crippen LogP contribution in [0.1, 0.15) is 24.0 Å². The van der Waals surface area contributed by atoms with E-state index in [1.807, 2.05) is 12.1 Å². The van der Waals surface area contributed by atoms with E-state index in [4.69, 9.17) is 4.74 Å². The molecule has 1 spiro atoms. The third kappa shape index (κ3) is 1.32. The first-order valence-electron chi connectivity index (χ1n) is 8.29. The third-order valence-corrected chi connectivity index (χ3v) is 6.30. The molecule has 0 saturated carbocycles. The Kier molecular flexibility index (Phi) is 2.42. The Balaban J connectivity index is 1.75. The fourth-order valence-electron chi connectivity index (χ4n) is 5.50. The van der Waals surface area contributed by atoms with Gasteiger partial charge in [-0.1, -0.05) is 24.3 Å². The number of likely N-dealkylation sites (tertiary alicyclic amines) is 1. The third-order valence-electron chi connectivity index (χ3n) is 6.30. The molecule has 2 aliphatic carbocycles. The van der Waals surface area contributed by atoms with Crippen LogP contribution in [0.4, 0.5) is 0 Å². The van der Waals surface area contributed by atoms with E-state index in [2.05, 4.69) is 29.7 Å². The smallest absolute Gasteiger partial charge is 0.165 e. The highest BCUT2D eigenvalue weighted by atomic mass is 16.5. The van der Waals surface area contributed by atoms with E-state index in [-0.39, 0.29) is 11.5 Å². The number of rotatable bonds is 2. The Morgan fingerprint density at radius 2 is 2.36 bits per heavy atom. The molecule has 2 bridgehead atoms. The van der Waals surface area contributed by atoms with E-state index in [1.165, 1.54) is 11.1 Å². The molecular weight excluding hydrogens is 274 g/mol.